The summed E-state index contributed by atoms with van der Waals surface area (Å²) in [5, 5.41) is 8.82. The van der Waals surface area contributed by atoms with E-state index in [2.05, 4.69) is 0 Å². The van der Waals surface area contributed by atoms with E-state index in [0.717, 1.165) is 6.42 Å². The van der Waals surface area contributed by atoms with Gasteiger partial charge in [0.1, 0.15) is 6.04 Å². The van der Waals surface area contributed by atoms with Crippen molar-refractivity contribution >= 4 is 12.1 Å². The highest BCUT2D eigenvalue weighted by Gasteiger charge is 2.35. The summed E-state index contributed by atoms with van der Waals surface area (Å²) in [5.74, 6) is -0.955. The number of carboxylic acids is 1. The first-order valence-electron chi connectivity index (χ1n) is 4.72. The maximum Gasteiger partial charge on any atom is 0.410 e. The molecule has 80 valence electrons. The minimum atomic E-state index is -0.955. The SMILES string of the molecule is CC(C)OC(=O)N1CCC[C@@H]1C(=O)O. The summed E-state index contributed by atoms with van der Waals surface area (Å²) in [6, 6.07) is -0.707. The van der Waals surface area contributed by atoms with Crippen molar-refractivity contribution in [3.05, 3.63) is 0 Å². The third-order valence-electron chi connectivity index (χ3n) is 2.11. The number of rotatable bonds is 2. The number of aliphatic carboxylic acids is 1. The Morgan fingerprint density at radius 1 is 1.50 bits per heavy atom. The van der Waals surface area contributed by atoms with Gasteiger partial charge in [0.05, 0.1) is 6.10 Å². The van der Waals surface area contributed by atoms with Crippen LogP contribution in [0.15, 0.2) is 0 Å². The largest absolute Gasteiger partial charge is 0.480 e. The van der Waals surface area contributed by atoms with Crippen LogP contribution in [0.1, 0.15) is 26.7 Å². The molecule has 1 N–H and O–H groups in total. The number of amides is 1. The Kier molecular flexibility index (Phi) is 3.33. The van der Waals surface area contributed by atoms with Gasteiger partial charge in [0.15, 0.2) is 0 Å². The molecule has 0 aromatic heterocycles. The van der Waals surface area contributed by atoms with Gasteiger partial charge < -0.3 is 9.84 Å². The summed E-state index contributed by atoms with van der Waals surface area (Å²) in [5.41, 5.74) is 0. The molecule has 1 aliphatic rings. The topological polar surface area (TPSA) is 66.8 Å². The normalized spacial score (nSPS) is 21.4. The minimum Gasteiger partial charge on any atom is -0.480 e. The van der Waals surface area contributed by atoms with Gasteiger partial charge in [-0.15, -0.1) is 0 Å². The summed E-state index contributed by atoms with van der Waals surface area (Å²) in [4.78, 5) is 23.4. The molecule has 0 radical (unpaired) electrons. The molecule has 1 aliphatic heterocycles. The number of ether oxygens (including phenoxy) is 1. The summed E-state index contributed by atoms with van der Waals surface area (Å²) < 4.78 is 4.94. The van der Waals surface area contributed by atoms with Gasteiger partial charge in [-0.05, 0) is 26.7 Å². The molecule has 14 heavy (non-hydrogen) atoms. The van der Waals surface area contributed by atoms with Crippen LogP contribution in [0.5, 0.6) is 0 Å². The molecule has 1 amide bonds. The second-order valence-electron chi connectivity index (χ2n) is 3.62. The summed E-state index contributed by atoms with van der Waals surface area (Å²) in [7, 11) is 0. The second kappa shape index (κ2) is 4.30. The Labute approximate surface area is 82.6 Å². The number of likely N-dealkylation sites (tertiary alicyclic amines) is 1. The van der Waals surface area contributed by atoms with Crippen molar-refractivity contribution in [2.45, 2.75) is 38.8 Å². The standard InChI is InChI=1S/C9H15NO4/c1-6(2)14-9(13)10-5-3-4-7(10)8(11)12/h6-7H,3-5H2,1-2H3,(H,11,12)/t7-/m1/s1. The van der Waals surface area contributed by atoms with Crippen molar-refractivity contribution in [3.8, 4) is 0 Å². The van der Waals surface area contributed by atoms with Crippen LogP contribution >= 0.6 is 0 Å². The molecule has 0 aromatic rings. The molecule has 5 heteroatoms. The van der Waals surface area contributed by atoms with Gasteiger partial charge in [-0.1, -0.05) is 0 Å². The van der Waals surface area contributed by atoms with Crippen molar-refractivity contribution in [1.29, 1.82) is 0 Å². The molecule has 0 aliphatic carbocycles. The first-order valence-corrected chi connectivity index (χ1v) is 4.72. The van der Waals surface area contributed by atoms with E-state index < -0.39 is 18.1 Å². The van der Waals surface area contributed by atoms with Crippen LogP contribution in [0.2, 0.25) is 0 Å². The van der Waals surface area contributed by atoms with E-state index >= 15 is 0 Å². The predicted octanol–water partition coefficient (Wildman–Crippen LogP) is 1.08. The third-order valence-corrected chi connectivity index (χ3v) is 2.11. The zero-order valence-electron chi connectivity index (χ0n) is 8.40. The number of carbonyl (C=O) groups is 2. The summed E-state index contributed by atoms with van der Waals surface area (Å²) in [6.45, 7) is 3.95. The maximum absolute atomic E-state index is 11.4. The van der Waals surface area contributed by atoms with E-state index in [1.165, 1.54) is 4.90 Å². The van der Waals surface area contributed by atoms with Crippen LogP contribution in [0.3, 0.4) is 0 Å². The van der Waals surface area contributed by atoms with Gasteiger partial charge in [0.25, 0.3) is 0 Å². The number of hydrogen-bond donors (Lipinski definition) is 1. The van der Waals surface area contributed by atoms with Gasteiger partial charge >= 0.3 is 12.1 Å². The van der Waals surface area contributed by atoms with Gasteiger partial charge in [0, 0.05) is 6.54 Å². The molecule has 0 unspecified atom stereocenters. The van der Waals surface area contributed by atoms with Crippen molar-refractivity contribution in [3.63, 3.8) is 0 Å². The molecular formula is C9H15NO4. The van der Waals surface area contributed by atoms with Gasteiger partial charge in [-0.25, -0.2) is 9.59 Å². The van der Waals surface area contributed by atoms with Crippen LogP contribution in [-0.2, 0) is 9.53 Å². The van der Waals surface area contributed by atoms with E-state index in [1.54, 1.807) is 13.8 Å². The fourth-order valence-electron chi connectivity index (χ4n) is 1.51. The molecule has 1 fully saturated rings. The zero-order chi connectivity index (χ0) is 10.7. The predicted molar refractivity (Wildman–Crippen MR) is 49.0 cm³/mol. The van der Waals surface area contributed by atoms with Crippen LogP contribution < -0.4 is 0 Å². The Morgan fingerprint density at radius 3 is 2.64 bits per heavy atom. The number of carbonyl (C=O) groups excluding carboxylic acids is 1. The van der Waals surface area contributed by atoms with Crippen LogP contribution in [0, 0.1) is 0 Å². The molecule has 1 heterocycles. The lowest BCUT2D eigenvalue weighted by atomic mass is 10.2. The molecule has 1 saturated heterocycles. The highest BCUT2D eigenvalue weighted by atomic mass is 16.6. The second-order valence-corrected chi connectivity index (χ2v) is 3.62. The lowest BCUT2D eigenvalue weighted by molar-refractivity contribution is -0.141. The molecular weight excluding hydrogens is 186 g/mol. The molecule has 0 saturated carbocycles. The van der Waals surface area contributed by atoms with E-state index in [-0.39, 0.29) is 6.10 Å². The van der Waals surface area contributed by atoms with Gasteiger partial charge in [-0.3, -0.25) is 4.90 Å². The van der Waals surface area contributed by atoms with Crippen molar-refractivity contribution in [2.75, 3.05) is 6.54 Å². The van der Waals surface area contributed by atoms with Crippen molar-refractivity contribution in [1.82, 2.24) is 4.90 Å². The average Bonchev–Trinajstić information content (AvgIpc) is 2.49. The Bertz CT molecular complexity index is 239. The number of carboxylic acid groups (broad SMARTS) is 1. The molecule has 0 spiro atoms. The van der Waals surface area contributed by atoms with Crippen LogP contribution in [0.25, 0.3) is 0 Å². The van der Waals surface area contributed by atoms with Gasteiger partial charge in [0.2, 0.25) is 0 Å². The van der Waals surface area contributed by atoms with Crippen LogP contribution in [-0.4, -0.2) is 40.8 Å². The van der Waals surface area contributed by atoms with E-state index in [9.17, 15) is 9.59 Å². The van der Waals surface area contributed by atoms with Gasteiger partial charge in [-0.2, -0.15) is 0 Å². The number of nitrogens with zero attached hydrogens (tertiary/aromatic N) is 1. The van der Waals surface area contributed by atoms with E-state index in [1.807, 2.05) is 0 Å². The molecule has 1 atom stereocenters. The Balaban J connectivity index is 2.58. The zero-order valence-corrected chi connectivity index (χ0v) is 8.40. The first kappa shape index (κ1) is 10.8. The summed E-state index contributed by atoms with van der Waals surface area (Å²) in [6.07, 6.45) is 0.509. The monoisotopic (exact) mass is 201 g/mol. The summed E-state index contributed by atoms with van der Waals surface area (Å²) >= 11 is 0. The lowest BCUT2D eigenvalue weighted by Gasteiger charge is -2.21. The molecule has 1 rings (SSSR count). The minimum absolute atomic E-state index is 0.211. The Morgan fingerprint density at radius 2 is 2.14 bits per heavy atom. The molecule has 5 nitrogen and oxygen atoms in total. The fourth-order valence-corrected chi connectivity index (χ4v) is 1.51. The van der Waals surface area contributed by atoms with E-state index in [4.69, 9.17) is 9.84 Å². The average molecular weight is 201 g/mol. The maximum atomic E-state index is 11.4. The van der Waals surface area contributed by atoms with E-state index in [0.29, 0.717) is 13.0 Å². The molecule has 0 bridgehead atoms. The molecule has 0 aromatic carbocycles. The first-order chi connectivity index (χ1) is 6.52. The highest BCUT2D eigenvalue weighted by molar-refractivity contribution is 5.80. The van der Waals surface area contributed by atoms with Crippen molar-refractivity contribution < 1.29 is 19.4 Å². The highest BCUT2D eigenvalue weighted by Crippen LogP contribution is 2.18. The quantitative estimate of drug-likeness (QED) is 0.726. The fraction of sp³-hybridized carbons (Fsp3) is 0.778. The number of hydrogen-bond acceptors (Lipinski definition) is 3. The Hall–Kier alpha value is -1.26. The third kappa shape index (κ3) is 2.37. The smallest absolute Gasteiger partial charge is 0.410 e. The van der Waals surface area contributed by atoms with Crippen molar-refractivity contribution in [2.24, 2.45) is 0 Å². The lowest BCUT2D eigenvalue weighted by Crippen LogP contribution is -2.41. The van der Waals surface area contributed by atoms with Crippen LogP contribution in [0.4, 0.5) is 4.79 Å².